The summed E-state index contributed by atoms with van der Waals surface area (Å²) in [5.41, 5.74) is 2.04. The van der Waals surface area contributed by atoms with Crippen LogP contribution >= 0.6 is 11.8 Å². The Morgan fingerprint density at radius 2 is 2.22 bits per heavy atom. The molecule has 2 aliphatic rings. The third kappa shape index (κ3) is 3.61. The lowest BCUT2D eigenvalue weighted by Crippen LogP contribution is -2.48. The average Bonchev–Trinajstić information content (AvgIpc) is 2.95. The molecule has 124 valence electrons. The minimum absolute atomic E-state index is 0.00912. The van der Waals surface area contributed by atoms with Crippen LogP contribution in [0.2, 0.25) is 0 Å². The Morgan fingerprint density at radius 3 is 2.91 bits per heavy atom. The van der Waals surface area contributed by atoms with Crippen LogP contribution in [0.25, 0.3) is 0 Å². The van der Waals surface area contributed by atoms with Crippen molar-refractivity contribution >= 4 is 23.5 Å². The third-order valence-electron chi connectivity index (χ3n) is 4.77. The first kappa shape index (κ1) is 16.5. The topological polar surface area (TPSA) is 55.4 Å². The largest absolute Gasteiger partial charge is 0.374 e. The van der Waals surface area contributed by atoms with Crippen LogP contribution in [0.1, 0.15) is 52.5 Å². The van der Waals surface area contributed by atoms with Crippen LogP contribution in [0, 0.1) is 6.92 Å². The van der Waals surface area contributed by atoms with Gasteiger partial charge in [-0.1, -0.05) is 6.07 Å². The highest BCUT2D eigenvalue weighted by Crippen LogP contribution is 2.38. The molecule has 1 aromatic carbocycles. The van der Waals surface area contributed by atoms with Gasteiger partial charge in [-0.3, -0.25) is 9.59 Å². The zero-order valence-electron chi connectivity index (χ0n) is 13.7. The van der Waals surface area contributed by atoms with Crippen molar-refractivity contribution in [1.82, 2.24) is 5.32 Å². The first-order chi connectivity index (χ1) is 11.0. The molecule has 1 N–H and O–H groups in total. The SMILES string of the molecule is CC(=O)c1cc(C(=O)N[C@@H]2CCO[C@@]3(CCSC3)C2)ccc1C. The maximum Gasteiger partial charge on any atom is 0.251 e. The van der Waals surface area contributed by atoms with Gasteiger partial charge in [-0.05, 0) is 56.6 Å². The van der Waals surface area contributed by atoms with E-state index < -0.39 is 0 Å². The predicted molar refractivity (Wildman–Crippen MR) is 92.3 cm³/mol. The van der Waals surface area contributed by atoms with E-state index in [2.05, 4.69) is 5.32 Å². The zero-order chi connectivity index (χ0) is 16.4. The van der Waals surface area contributed by atoms with E-state index in [0.717, 1.165) is 36.3 Å². The summed E-state index contributed by atoms with van der Waals surface area (Å²) in [5, 5.41) is 3.13. The summed E-state index contributed by atoms with van der Waals surface area (Å²) < 4.78 is 5.99. The number of hydrogen-bond donors (Lipinski definition) is 1. The quantitative estimate of drug-likeness (QED) is 0.864. The highest BCUT2D eigenvalue weighted by molar-refractivity contribution is 7.99. The Hall–Kier alpha value is -1.33. The molecule has 0 saturated carbocycles. The molecule has 2 atom stereocenters. The second-order valence-electron chi connectivity index (χ2n) is 6.58. The normalized spacial score (nSPS) is 27.1. The molecule has 1 amide bonds. The Kier molecular flexibility index (Phi) is 4.78. The Morgan fingerprint density at radius 1 is 1.39 bits per heavy atom. The number of Topliss-reactive ketones (excluding diaryl/α,β-unsaturated/α-hetero) is 1. The first-order valence-electron chi connectivity index (χ1n) is 8.13. The Balaban J connectivity index is 1.69. The molecule has 3 rings (SSSR count). The van der Waals surface area contributed by atoms with Gasteiger partial charge < -0.3 is 10.1 Å². The van der Waals surface area contributed by atoms with Gasteiger partial charge in [0.2, 0.25) is 0 Å². The number of amides is 1. The average molecular weight is 333 g/mol. The van der Waals surface area contributed by atoms with Crippen molar-refractivity contribution in [2.24, 2.45) is 0 Å². The summed E-state index contributed by atoms with van der Waals surface area (Å²) in [6, 6.07) is 5.48. The standard InChI is InChI=1S/C18H23NO3S/c1-12-3-4-14(9-16(12)13(2)20)17(21)19-15-5-7-22-18(10-15)6-8-23-11-18/h3-4,9,15H,5-8,10-11H2,1-2H3,(H,19,21)/t15-,18+/m1/s1. The molecule has 1 aromatic rings. The van der Waals surface area contributed by atoms with Crippen molar-refractivity contribution in [2.75, 3.05) is 18.1 Å². The minimum Gasteiger partial charge on any atom is -0.374 e. The number of benzene rings is 1. The molecule has 5 heteroatoms. The van der Waals surface area contributed by atoms with Crippen LogP contribution in [-0.2, 0) is 4.74 Å². The van der Waals surface area contributed by atoms with Gasteiger partial charge in [-0.2, -0.15) is 11.8 Å². The van der Waals surface area contributed by atoms with E-state index in [1.54, 1.807) is 12.1 Å². The molecule has 2 aliphatic heterocycles. The van der Waals surface area contributed by atoms with Crippen LogP contribution in [0.5, 0.6) is 0 Å². The van der Waals surface area contributed by atoms with Gasteiger partial charge in [-0.15, -0.1) is 0 Å². The molecule has 0 radical (unpaired) electrons. The van der Waals surface area contributed by atoms with Crippen molar-refractivity contribution in [3.05, 3.63) is 34.9 Å². The molecule has 0 unspecified atom stereocenters. The van der Waals surface area contributed by atoms with Gasteiger partial charge >= 0.3 is 0 Å². The van der Waals surface area contributed by atoms with Crippen molar-refractivity contribution in [2.45, 2.75) is 44.8 Å². The maximum atomic E-state index is 12.5. The van der Waals surface area contributed by atoms with Crippen molar-refractivity contribution in [3.8, 4) is 0 Å². The zero-order valence-corrected chi connectivity index (χ0v) is 14.5. The number of aryl methyl sites for hydroxylation is 1. The van der Waals surface area contributed by atoms with Crippen molar-refractivity contribution < 1.29 is 14.3 Å². The van der Waals surface area contributed by atoms with Crippen molar-refractivity contribution in [1.29, 1.82) is 0 Å². The van der Waals surface area contributed by atoms with Crippen LogP contribution < -0.4 is 5.32 Å². The Bertz CT molecular complexity index is 623. The predicted octanol–water partition coefficient (Wildman–Crippen LogP) is 2.98. The highest BCUT2D eigenvalue weighted by Gasteiger charge is 2.40. The summed E-state index contributed by atoms with van der Waals surface area (Å²) in [7, 11) is 0. The van der Waals surface area contributed by atoms with Crippen molar-refractivity contribution in [3.63, 3.8) is 0 Å². The van der Waals surface area contributed by atoms with Gasteiger partial charge in [0.05, 0.1) is 5.60 Å². The number of nitrogens with one attached hydrogen (secondary N) is 1. The fourth-order valence-electron chi connectivity index (χ4n) is 3.43. The number of thioether (sulfide) groups is 1. The monoisotopic (exact) mass is 333 g/mol. The smallest absolute Gasteiger partial charge is 0.251 e. The van der Waals surface area contributed by atoms with E-state index in [-0.39, 0.29) is 23.3 Å². The lowest BCUT2D eigenvalue weighted by atomic mass is 9.89. The summed E-state index contributed by atoms with van der Waals surface area (Å²) in [5.74, 6) is 2.06. The van der Waals surface area contributed by atoms with E-state index >= 15 is 0 Å². The van der Waals surface area contributed by atoms with Gasteiger partial charge in [0.25, 0.3) is 5.91 Å². The molecular formula is C18H23NO3S. The van der Waals surface area contributed by atoms with Crippen LogP contribution in [0.3, 0.4) is 0 Å². The lowest BCUT2D eigenvalue weighted by molar-refractivity contribution is -0.0688. The summed E-state index contributed by atoms with van der Waals surface area (Å²) >= 11 is 1.93. The fourth-order valence-corrected chi connectivity index (χ4v) is 4.80. The molecule has 2 saturated heterocycles. The van der Waals surface area contributed by atoms with E-state index in [9.17, 15) is 9.59 Å². The van der Waals surface area contributed by atoms with Crippen LogP contribution in [-0.4, -0.2) is 41.4 Å². The molecule has 4 nitrogen and oxygen atoms in total. The number of rotatable bonds is 3. The third-order valence-corrected chi connectivity index (χ3v) is 6.00. The van der Waals surface area contributed by atoms with E-state index in [1.165, 1.54) is 6.92 Å². The minimum atomic E-state index is -0.0970. The van der Waals surface area contributed by atoms with Crippen LogP contribution in [0.4, 0.5) is 0 Å². The van der Waals surface area contributed by atoms with E-state index in [0.29, 0.717) is 17.7 Å². The second-order valence-corrected chi connectivity index (χ2v) is 7.69. The number of ketones is 1. The molecule has 0 bridgehead atoms. The van der Waals surface area contributed by atoms with Crippen LogP contribution in [0.15, 0.2) is 18.2 Å². The van der Waals surface area contributed by atoms with E-state index in [1.807, 2.05) is 24.8 Å². The van der Waals surface area contributed by atoms with Gasteiger partial charge in [0, 0.05) is 29.5 Å². The summed E-state index contributed by atoms with van der Waals surface area (Å²) in [6.45, 7) is 4.13. The Labute approximate surface area is 141 Å². The molecular weight excluding hydrogens is 310 g/mol. The maximum absolute atomic E-state index is 12.5. The molecule has 0 aliphatic carbocycles. The number of ether oxygens (including phenoxy) is 1. The molecule has 0 aromatic heterocycles. The van der Waals surface area contributed by atoms with E-state index in [4.69, 9.17) is 4.74 Å². The van der Waals surface area contributed by atoms with Gasteiger partial charge in [0.1, 0.15) is 0 Å². The highest BCUT2D eigenvalue weighted by atomic mass is 32.2. The number of carbonyl (C=O) groups is 2. The van der Waals surface area contributed by atoms with Gasteiger partial charge in [-0.25, -0.2) is 0 Å². The summed E-state index contributed by atoms with van der Waals surface area (Å²) in [6.07, 6.45) is 2.81. The second kappa shape index (κ2) is 6.65. The van der Waals surface area contributed by atoms with Gasteiger partial charge in [0.15, 0.2) is 5.78 Å². The number of carbonyl (C=O) groups excluding carboxylic acids is 2. The molecule has 23 heavy (non-hydrogen) atoms. The number of hydrogen-bond acceptors (Lipinski definition) is 4. The molecule has 2 fully saturated rings. The first-order valence-corrected chi connectivity index (χ1v) is 9.29. The summed E-state index contributed by atoms with van der Waals surface area (Å²) in [4.78, 5) is 24.2. The molecule has 2 heterocycles. The fraction of sp³-hybridized carbons (Fsp3) is 0.556. The lowest BCUT2D eigenvalue weighted by Gasteiger charge is -2.38. The molecule has 1 spiro atoms.